The lowest BCUT2D eigenvalue weighted by Gasteiger charge is -2.14. The largest absolute Gasteiger partial charge is 0.497 e. The molecule has 0 spiro atoms. The monoisotopic (exact) mass is 371 g/mol. The first-order chi connectivity index (χ1) is 11.6. The number of ether oxygens (including phenoxy) is 1. The summed E-state index contributed by atoms with van der Waals surface area (Å²) in [6.45, 7) is 1.04. The van der Waals surface area contributed by atoms with Crippen LogP contribution in [0.3, 0.4) is 0 Å². The summed E-state index contributed by atoms with van der Waals surface area (Å²) in [5, 5.41) is 8.67. The Morgan fingerprint density at radius 2 is 1.84 bits per heavy atom. The predicted octanol–water partition coefficient (Wildman–Crippen LogP) is 0.459. The van der Waals surface area contributed by atoms with E-state index in [0.29, 0.717) is 10.3 Å². The topological polar surface area (TPSA) is 120 Å². The Morgan fingerprint density at radius 3 is 2.32 bits per heavy atom. The number of rotatable bonds is 3. The van der Waals surface area contributed by atoms with Crippen LogP contribution in [0.15, 0.2) is 38.9 Å². The Labute approximate surface area is 141 Å². The number of hydrogen-bond acceptors (Lipinski definition) is 5. The highest BCUT2D eigenvalue weighted by Gasteiger charge is 2.25. The molecule has 0 aliphatic heterocycles. The number of hydrogen-bond donors (Lipinski definition) is 1. The van der Waals surface area contributed by atoms with Gasteiger partial charge in [0.05, 0.1) is 17.7 Å². The van der Waals surface area contributed by atoms with Gasteiger partial charge in [0.1, 0.15) is 5.75 Å². The van der Waals surface area contributed by atoms with Gasteiger partial charge in [-0.3, -0.25) is 4.57 Å². The van der Waals surface area contributed by atoms with Crippen LogP contribution in [-0.2, 0) is 17.1 Å². The molecule has 0 saturated heterocycles. The second-order valence-electron chi connectivity index (χ2n) is 4.90. The first-order valence-electron chi connectivity index (χ1n) is 6.76. The maximum Gasteiger partial charge on any atom is 0.433 e. The van der Waals surface area contributed by atoms with Crippen molar-refractivity contribution >= 4 is 16.1 Å². The summed E-state index contributed by atoms with van der Waals surface area (Å²) in [7, 11) is -2.00. The van der Waals surface area contributed by atoms with Crippen molar-refractivity contribution in [3.05, 3.63) is 51.7 Å². The zero-order chi connectivity index (χ0) is 18.9. The maximum atomic E-state index is 14.4. The van der Waals surface area contributed by atoms with E-state index in [2.05, 4.69) is 4.99 Å². The van der Waals surface area contributed by atoms with E-state index in [1.165, 1.54) is 31.4 Å². The Bertz CT molecular complexity index is 1070. The molecule has 0 fully saturated rings. The Balaban J connectivity index is 2.83. The van der Waals surface area contributed by atoms with Gasteiger partial charge in [0.2, 0.25) is 0 Å². The third-order valence-corrected chi connectivity index (χ3v) is 5.17. The Kier molecular flexibility index (Phi) is 4.79. The first-order valence-corrected chi connectivity index (χ1v) is 8.20. The second kappa shape index (κ2) is 6.51. The highest BCUT2D eigenvalue weighted by atomic mass is 32.2. The fourth-order valence-electron chi connectivity index (χ4n) is 2.12. The fraction of sp³-hybridized carbons (Fsp3) is 0.214. The molecule has 0 unspecified atom stereocenters. The van der Waals surface area contributed by atoms with Crippen molar-refractivity contribution in [2.75, 3.05) is 7.11 Å². The molecule has 0 saturated carbocycles. The average Bonchev–Trinajstić information content (AvgIpc) is 2.56. The smallest absolute Gasteiger partial charge is 0.433 e. The number of benzene rings is 1. The minimum absolute atomic E-state index is 0.255. The first kappa shape index (κ1) is 18.4. The van der Waals surface area contributed by atoms with Gasteiger partial charge < -0.3 is 9.84 Å². The standard InChI is InChI=1S/C14H14FN3O6S/c1-8-11(15)12(16-13(19)20)17(2)14(21)18(8)25(22,23)10-6-4-9(24-3)5-7-10/h4-7H,1-3H3,(H,19,20). The van der Waals surface area contributed by atoms with Crippen LogP contribution in [0.4, 0.5) is 9.18 Å². The van der Waals surface area contributed by atoms with E-state index >= 15 is 0 Å². The molecule has 1 aromatic heterocycles. The van der Waals surface area contributed by atoms with Crippen molar-refractivity contribution in [1.29, 1.82) is 0 Å². The molecule has 1 heterocycles. The SMILES string of the molecule is COc1ccc(S(=O)(=O)n2c(C)c(F)c(=NC(=O)O)n(C)c2=O)cc1. The number of halogens is 1. The molecule has 9 nitrogen and oxygen atoms in total. The van der Waals surface area contributed by atoms with E-state index in [1.807, 2.05) is 0 Å². The zero-order valence-electron chi connectivity index (χ0n) is 13.4. The van der Waals surface area contributed by atoms with Crippen molar-refractivity contribution in [3.8, 4) is 5.75 Å². The number of carbonyl (C=O) groups is 1. The number of methoxy groups -OCH3 is 1. The van der Waals surface area contributed by atoms with Crippen molar-refractivity contribution in [1.82, 2.24) is 8.54 Å². The molecule has 1 N–H and O–H groups in total. The zero-order valence-corrected chi connectivity index (χ0v) is 14.2. The van der Waals surface area contributed by atoms with Crippen LogP contribution in [0.1, 0.15) is 5.69 Å². The van der Waals surface area contributed by atoms with Gasteiger partial charge in [-0.1, -0.05) is 0 Å². The Morgan fingerprint density at radius 1 is 1.28 bits per heavy atom. The highest BCUT2D eigenvalue weighted by molar-refractivity contribution is 7.90. The van der Waals surface area contributed by atoms with Gasteiger partial charge in [-0.15, -0.1) is 0 Å². The normalized spacial score (nSPS) is 12.2. The molecule has 2 rings (SSSR count). The number of carboxylic acid groups (broad SMARTS) is 1. The number of amides is 1. The van der Waals surface area contributed by atoms with Gasteiger partial charge >= 0.3 is 11.8 Å². The van der Waals surface area contributed by atoms with E-state index < -0.39 is 38.8 Å². The molecule has 0 bridgehead atoms. The summed E-state index contributed by atoms with van der Waals surface area (Å²) in [6.07, 6.45) is -1.72. The van der Waals surface area contributed by atoms with E-state index in [4.69, 9.17) is 9.84 Å². The van der Waals surface area contributed by atoms with Gasteiger partial charge in [0, 0.05) is 7.05 Å². The van der Waals surface area contributed by atoms with E-state index in [9.17, 15) is 22.4 Å². The van der Waals surface area contributed by atoms with Gasteiger partial charge in [0.25, 0.3) is 10.0 Å². The third-order valence-electron chi connectivity index (χ3n) is 3.40. The molecule has 1 amide bonds. The summed E-state index contributed by atoms with van der Waals surface area (Å²) >= 11 is 0. The minimum atomic E-state index is -4.42. The molecule has 25 heavy (non-hydrogen) atoms. The van der Waals surface area contributed by atoms with Crippen LogP contribution in [0.25, 0.3) is 0 Å². The molecule has 0 aliphatic rings. The predicted molar refractivity (Wildman–Crippen MR) is 83.5 cm³/mol. The summed E-state index contributed by atoms with van der Waals surface area (Å²) in [4.78, 5) is 25.8. The molecule has 1 aromatic carbocycles. The summed E-state index contributed by atoms with van der Waals surface area (Å²) in [6, 6.07) is 5.15. The van der Waals surface area contributed by atoms with Crippen LogP contribution in [-0.4, -0.2) is 35.3 Å². The third kappa shape index (κ3) is 3.18. The van der Waals surface area contributed by atoms with E-state index in [-0.39, 0.29) is 8.87 Å². The van der Waals surface area contributed by atoms with Crippen molar-refractivity contribution < 1.29 is 27.4 Å². The molecule has 0 radical (unpaired) electrons. The van der Waals surface area contributed by atoms with Gasteiger partial charge in [0.15, 0.2) is 11.3 Å². The van der Waals surface area contributed by atoms with Crippen LogP contribution in [0.2, 0.25) is 0 Å². The van der Waals surface area contributed by atoms with Crippen molar-refractivity contribution in [3.63, 3.8) is 0 Å². The van der Waals surface area contributed by atoms with Crippen LogP contribution >= 0.6 is 0 Å². The molecule has 2 aromatic rings. The van der Waals surface area contributed by atoms with Crippen molar-refractivity contribution in [2.45, 2.75) is 11.8 Å². The summed E-state index contributed by atoms with van der Waals surface area (Å²) < 4.78 is 45.5. The molecule has 134 valence electrons. The summed E-state index contributed by atoms with van der Waals surface area (Å²) in [5.74, 6) is -0.836. The lowest BCUT2D eigenvalue weighted by Crippen LogP contribution is -2.44. The Hall–Kier alpha value is -2.95. The maximum absolute atomic E-state index is 14.4. The van der Waals surface area contributed by atoms with E-state index in [0.717, 1.165) is 14.0 Å². The van der Waals surface area contributed by atoms with Gasteiger partial charge in [-0.05, 0) is 31.2 Å². The van der Waals surface area contributed by atoms with Crippen LogP contribution in [0.5, 0.6) is 5.75 Å². The number of nitrogens with zero attached hydrogens (tertiary/aromatic N) is 3. The quantitative estimate of drug-likeness (QED) is 0.837. The number of aromatic nitrogens is 2. The highest BCUT2D eigenvalue weighted by Crippen LogP contribution is 2.18. The van der Waals surface area contributed by atoms with Gasteiger partial charge in [-0.25, -0.2) is 22.4 Å². The molecule has 0 atom stereocenters. The fourth-order valence-corrected chi connectivity index (χ4v) is 3.58. The lowest BCUT2D eigenvalue weighted by atomic mass is 10.3. The molecule has 11 heteroatoms. The summed E-state index contributed by atoms with van der Waals surface area (Å²) in [5.41, 5.74) is -2.52. The van der Waals surface area contributed by atoms with E-state index in [1.54, 1.807) is 0 Å². The average molecular weight is 371 g/mol. The molecule has 0 aliphatic carbocycles. The molecular weight excluding hydrogens is 357 g/mol. The second-order valence-corrected chi connectivity index (χ2v) is 6.69. The van der Waals surface area contributed by atoms with Crippen LogP contribution in [0, 0.1) is 12.7 Å². The lowest BCUT2D eigenvalue weighted by molar-refractivity contribution is 0.204. The van der Waals surface area contributed by atoms with Crippen LogP contribution < -0.4 is 15.9 Å². The minimum Gasteiger partial charge on any atom is -0.497 e. The van der Waals surface area contributed by atoms with Crippen molar-refractivity contribution in [2.24, 2.45) is 12.0 Å². The van der Waals surface area contributed by atoms with Gasteiger partial charge in [-0.2, -0.15) is 8.96 Å². The molecular formula is C14H14FN3O6S.